The molecule has 1 amide bonds. The van der Waals surface area contributed by atoms with Crippen LogP contribution in [-0.2, 0) is 0 Å². The lowest BCUT2D eigenvalue weighted by Crippen LogP contribution is -2.34. The third-order valence-electron chi connectivity index (χ3n) is 3.32. The van der Waals surface area contributed by atoms with Crippen molar-refractivity contribution in [2.45, 2.75) is 0 Å². The molecule has 3 N–H and O–H groups in total. The number of phenolic OH excluding ortho intramolecular Hbond substituents is 1. The Morgan fingerprint density at radius 2 is 1.92 bits per heavy atom. The zero-order valence-electron chi connectivity index (χ0n) is 13.8. The van der Waals surface area contributed by atoms with Crippen LogP contribution in [0.5, 0.6) is 17.2 Å². The molecule has 0 heterocycles. The van der Waals surface area contributed by atoms with Crippen LogP contribution < -0.4 is 20.1 Å². The van der Waals surface area contributed by atoms with E-state index >= 15 is 0 Å². The van der Waals surface area contributed by atoms with Gasteiger partial charge in [-0.05, 0) is 30.4 Å². The number of nitro benzene ring substituents is 1. The van der Waals surface area contributed by atoms with Gasteiger partial charge in [-0.15, -0.1) is 0 Å². The number of carbonyl (C=O) groups is 1. The summed E-state index contributed by atoms with van der Waals surface area (Å²) in [4.78, 5) is 22.5. The maximum Gasteiger partial charge on any atom is 0.271 e. The number of non-ortho nitro benzene ring substituents is 1. The van der Waals surface area contributed by atoms with Crippen LogP contribution in [0.25, 0.3) is 0 Å². The maximum absolute atomic E-state index is 12.4. The van der Waals surface area contributed by atoms with Gasteiger partial charge in [0.15, 0.2) is 5.11 Å². The van der Waals surface area contributed by atoms with Crippen molar-refractivity contribution in [3.8, 4) is 17.2 Å². The van der Waals surface area contributed by atoms with Gasteiger partial charge >= 0.3 is 0 Å². The van der Waals surface area contributed by atoms with E-state index in [1.165, 1.54) is 26.4 Å². The Balaban J connectivity index is 2.14. The zero-order valence-corrected chi connectivity index (χ0v) is 14.6. The molecule has 0 fully saturated rings. The van der Waals surface area contributed by atoms with Gasteiger partial charge in [-0.25, -0.2) is 0 Å². The van der Waals surface area contributed by atoms with Crippen LogP contribution in [0.1, 0.15) is 10.4 Å². The maximum atomic E-state index is 12.4. The topological polar surface area (TPSA) is 123 Å². The highest BCUT2D eigenvalue weighted by molar-refractivity contribution is 7.80. The number of hydrogen-bond acceptors (Lipinski definition) is 7. The molecule has 26 heavy (non-hydrogen) atoms. The average Bonchev–Trinajstić information content (AvgIpc) is 2.62. The lowest BCUT2D eigenvalue weighted by atomic mass is 10.2. The first kappa shape index (κ1) is 18.9. The predicted octanol–water partition coefficient (Wildman–Crippen LogP) is 2.44. The minimum absolute atomic E-state index is 0.00815. The number of aromatic hydroxyl groups is 1. The minimum atomic E-state index is -0.617. The Bertz CT molecular complexity index is 871. The molecule has 2 aromatic rings. The van der Waals surface area contributed by atoms with Gasteiger partial charge in [0, 0.05) is 18.2 Å². The van der Waals surface area contributed by atoms with E-state index in [0.717, 1.165) is 18.2 Å². The molecule has 0 aliphatic rings. The third kappa shape index (κ3) is 4.36. The van der Waals surface area contributed by atoms with Gasteiger partial charge in [0.2, 0.25) is 0 Å². The molecular formula is C16H15N3O6S. The van der Waals surface area contributed by atoms with E-state index in [9.17, 15) is 20.0 Å². The molecule has 9 nitrogen and oxygen atoms in total. The lowest BCUT2D eigenvalue weighted by Gasteiger charge is -2.13. The van der Waals surface area contributed by atoms with Gasteiger partial charge in [0.05, 0.1) is 30.4 Å². The van der Waals surface area contributed by atoms with Crippen molar-refractivity contribution in [1.82, 2.24) is 5.32 Å². The molecule has 0 aliphatic carbocycles. The summed E-state index contributed by atoms with van der Waals surface area (Å²) in [5.74, 6) is -0.0235. The van der Waals surface area contributed by atoms with Gasteiger partial charge in [0.1, 0.15) is 17.2 Å². The normalized spacial score (nSPS) is 9.92. The smallest absolute Gasteiger partial charge is 0.271 e. The fourth-order valence-corrected chi connectivity index (χ4v) is 2.25. The van der Waals surface area contributed by atoms with E-state index in [0.29, 0.717) is 5.75 Å². The fourth-order valence-electron chi connectivity index (χ4n) is 2.05. The van der Waals surface area contributed by atoms with E-state index < -0.39 is 10.8 Å². The van der Waals surface area contributed by atoms with Crippen LogP contribution in [0.15, 0.2) is 36.4 Å². The van der Waals surface area contributed by atoms with Crippen LogP contribution in [0.2, 0.25) is 0 Å². The summed E-state index contributed by atoms with van der Waals surface area (Å²) in [6.07, 6.45) is 0. The van der Waals surface area contributed by atoms with Crippen molar-refractivity contribution in [3.63, 3.8) is 0 Å². The number of phenols is 1. The first-order chi connectivity index (χ1) is 12.3. The molecule has 0 radical (unpaired) electrons. The van der Waals surface area contributed by atoms with Gasteiger partial charge in [-0.1, -0.05) is 0 Å². The van der Waals surface area contributed by atoms with Crippen LogP contribution in [0, 0.1) is 10.1 Å². The molecular weight excluding hydrogens is 362 g/mol. The molecule has 2 aromatic carbocycles. The molecule has 0 saturated carbocycles. The largest absolute Gasteiger partial charge is 0.506 e. The van der Waals surface area contributed by atoms with Gasteiger partial charge in [-0.2, -0.15) is 0 Å². The van der Waals surface area contributed by atoms with E-state index in [1.807, 2.05) is 0 Å². The highest BCUT2D eigenvalue weighted by Gasteiger charge is 2.16. The molecule has 0 bridgehead atoms. The molecule has 0 aromatic heterocycles. The fraction of sp³-hybridized carbons (Fsp3) is 0.125. The predicted molar refractivity (Wildman–Crippen MR) is 98.0 cm³/mol. The first-order valence-corrected chi connectivity index (χ1v) is 7.58. The molecule has 0 aliphatic heterocycles. The SMILES string of the molecule is COc1ccc(C(=O)NC(=S)Nc2cc([N+](=O)[O-])ccc2O)c(OC)c1. The standard InChI is InChI=1S/C16H15N3O6S/c1-24-10-4-5-11(14(8-10)25-2)15(21)18-16(26)17-12-7-9(19(22)23)3-6-13(12)20/h3-8,20H,1-2H3,(H2,17,18,21,26). The van der Waals surface area contributed by atoms with Crippen molar-refractivity contribution in [2.75, 3.05) is 19.5 Å². The third-order valence-corrected chi connectivity index (χ3v) is 3.52. The van der Waals surface area contributed by atoms with Crippen molar-refractivity contribution in [1.29, 1.82) is 0 Å². The summed E-state index contributed by atoms with van der Waals surface area (Å²) in [5, 5.41) is 25.4. The monoisotopic (exact) mass is 377 g/mol. The van der Waals surface area contributed by atoms with Crippen molar-refractivity contribution in [3.05, 3.63) is 52.1 Å². The highest BCUT2D eigenvalue weighted by atomic mass is 32.1. The lowest BCUT2D eigenvalue weighted by molar-refractivity contribution is -0.384. The van der Waals surface area contributed by atoms with Gasteiger partial charge in [-0.3, -0.25) is 20.2 Å². The van der Waals surface area contributed by atoms with Crippen LogP contribution >= 0.6 is 12.2 Å². The Kier molecular flexibility index (Phi) is 5.91. The quantitative estimate of drug-likeness (QED) is 0.314. The number of nitro groups is 1. The van der Waals surface area contributed by atoms with E-state index in [4.69, 9.17) is 21.7 Å². The summed E-state index contributed by atoms with van der Waals surface area (Å²) < 4.78 is 10.2. The minimum Gasteiger partial charge on any atom is -0.506 e. The molecule has 136 valence electrons. The number of ether oxygens (including phenoxy) is 2. The summed E-state index contributed by atoms with van der Waals surface area (Å²) in [6.45, 7) is 0. The second-order valence-electron chi connectivity index (χ2n) is 4.93. The molecule has 0 unspecified atom stereocenters. The van der Waals surface area contributed by atoms with Crippen molar-refractivity contribution < 1.29 is 24.3 Å². The number of rotatable bonds is 5. The number of anilines is 1. The number of carbonyl (C=O) groups excluding carboxylic acids is 1. The zero-order chi connectivity index (χ0) is 19.3. The van der Waals surface area contributed by atoms with Crippen molar-refractivity contribution in [2.24, 2.45) is 0 Å². The first-order valence-electron chi connectivity index (χ1n) is 7.17. The van der Waals surface area contributed by atoms with Gasteiger partial charge < -0.3 is 19.9 Å². The number of thiocarbonyl (C=S) groups is 1. The molecule has 2 rings (SSSR count). The number of benzene rings is 2. The Hall–Kier alpha value is -3.40. The summed E-state index contributed by atoms with van der Waals surface area (Å²) >= 11 is 5.02. The van der Waals surface area contributed by atoms with Crippen LogP contribution in [-0.4, -0.2) is 35.3 Å². The van der Waals surface area contributed by atoms with Crippen molar-refractivity contribution >= 4 is 34.6 Å². The van der Waals surface area contributed by atoms with Gasteiger partial charge in [0.25, 0.3) is 11.6 Å². The Labute approximate surface area is 153 Å². The molecule has 10 heteroatoms. The summed E-state index contributed by atoms with van der Waals surface area (Å²) in [6, 6.07) is 8.02. The number of nitrogens with zero attached hydrogens (tertiary/aromatic N) is 1. The summed E-state index contributed by atoms with van der Waals surface area (Å²) in [7, 11) is 2.89. The summed E-state index contributed by atoms with van der Waals surface area (Å²) in [5.41, 5.74) is -0.0387. The Morgan fingerprint density at radius 1 is 1.19 bits per heavy atom. The highest BCUT2D eigenvalue weighted by Crippen LogP contribution is 2.28. The average molecular weight is 377 g/mol. The van der Waals surface area contributed by atoms with E-state index in [2.05, 4.69) is 10.6 Å². The van der Waals surface area contributed by atoms with E-state index in [-0.39, 0.29) is 33.5 Å². The molecule has 0 atom stereocenters. The number of methoxy groups -OCH3 is 2. The number of nitrogens with one attached hydrogen (secondary N) is 2. The second-order valence-corrected chi connectivity index (χ2v) is 5.34. The Morgan fingerprint density at radius 3 is 2.54 bits per heavy atom. The molecule has 0 saturated heterocycles. The number of amides is 1. The second kappa shape index (κ2) is 8.12. The van der Waals surface area contributed by atoms with Crippen LogP contribution in [0.4, 0.5) is 11.4 Å². The van der Waals surface area contributed by atoms with Crippen LogP contribution in [0.3, 0.4) is 0 Å². The number of hydrogen-bond donors (Lipinski definition) is 3. The van der Waals surface area contributed by atoms with E-state index in [1.54, 1.807) is 6.07 Å². The molecule has 0 spiro atoms.